The van der Waals surface area contributed by atoms with E-state index >= 15 is 0 Å². The van der Waals surface area contributed by atoms with Gasteiger partial charge < -0.3 is 14.6 Å². The van der Waals surface area contributed by atoms with Gasteiger partial charge in [0.25, 0.3) is 5.91 Å². The topological polar surface area (TPSA) is 58.4 Å². The van der Waals surface area contributed by atoms with E-state index in [-0.39, 0.29) is 24.3 Å². The number of hydrogen-bond donors (Lipinski definition) is 1. The average Bonchev–Trinajstić information content (AvgIpc) is 3.16. The lowest BCUT2D eigenvalue weighted by Crippen LogP contribution is -2.43. The number of rotatable bonds is 2. The van der Waals surface area contributed by atoms with Crippen molar-refractivity contribution in [3.8, 4) is 0 Å². The van der Waals surface area contributed by atoms with Crippen LogP contribution in [0.1, 0.15) is 62.0 Å². The molecule has 1 fully saturated rings. The first-order valence-corrected chi connectivity index (χ1v) is 9.07. The molecule has 1 N–H and O–H groups in total. The second-order valence-electron chi connectivity index (χ2n) is 8.50. The van der Waals surface area contributed by atoms with Crippen LogP contribution < -0.4 is 0 Å². The number of amides is 1. The van der Waals surface area contributed by atoms with Crippen molar-refractivity contribution in [2.75, 3.05) is 19.7 Å². The van der Waals surface area contributed by atoms with E-state index < -0.39 is 23.3 Å². The molecule has 0 bridgehead atoms. The third kappa shape index (κ3) is 3.02. The van der Waals surface area contributed by atoms with Gasteiger partial charge in [0.2, 0.25) is 5.82 Å². The Balaban J connectivity index is 1.93. The molecule has 3 rings (SSSR count). The molecule has 1 atom stereocenters. The van der Waals surface area contributed by atoms with Crippen molar-refractivity contribution in [1.82, 2.24) is 14.5 Å². The Bertz CT molecular complexity index is 706. The molecule has 26 heavy (non-hydrogen) atoms. The van der Waals surface area contributed by atoms with Gasteiger partial charge in [0.05, 0.1) is 12.3 Å². The average molecular weight is 373 g/mol. The highest BCUT2D eigenvalue weighted by Crippen LogP contribution is 2.46. The third-order valence-electron chi connectivity index (χ3n) is 6.11. The Morgan fingerprint density at radius 2 is 1.92 bits per heavy atom. The number of hydrogen-bond acceptors (Lipinski definition) is 3. The van der Waals surface area contributed by atoms with Gasteiger partial charge in [0.15, 0.2) is 0 Å². The van der Waals surface area contributed by atoms with E-state index in [0.717, 1.165) is 11.0 Å². The summed E-state index contributed by atoms with van der Waals surface area (Å²) in [4.78, 5) is 18.3. The normalized spacial score (nSPS) is 24.0. The first-order chi connectivity index (χ1) is 12.0. The number of aliphatic hydroxyl groups excluding tert-OH is 1. The predicted octanol–water partition coefficient (Wildman–Crippen LogP) is 3.11. The summed E-state index contributed by atoms with van der Waals surface area (Å²) in [5.41, 5.74) is -0.345. The minimum Gasteiger partial charge on any atom is -0.396 e. The fraction of sp³-hybridized carbons (Fsp3) is 0.778. The van der Waals surface area contributed by atoms with E-state index in [2.05, 4.69) is 4.98 Å². The van der Waals surface area contributed by atoms with Gasteiger partial charge in [-0.15, -0.1) is 0 Å². The number of fused-ring (bicyclic) bond motifs is 1. The van der Waals surface area contributed by atoms with Gasteiger partial charge in [-0.3, -0.25) is 4.79 Å². The van der Waals surface area contributed by atoms with Crippen molar-refractivity contribution in [2.24, 2.45) is 10.8 Å². The summed E-state index contributed by atoms with van der Waals surface area (Å²) < 4.78 is 41.1. The molecule has 1 unspecified atom stereocenters. The molecule has 2 aliphatic heterocycles. The molecule has 8 heteroatoms. The van der Waals surface area contributed by atoms with Gasteiger partial charge in [-0.25, -0.2) is 4.98 Å². The van der Waals surface area contributed by atoms with Crippen molar-refractivity contribution in [1.29, 1.82) is 0 Å². The summed E-state index contributed by atoms with van der Waals surface area (Å²) in [7, 11) is 0. The second-order valence-corrected chi connectivity index (χ2v) is 8.50. The molecular weight excluding hydrogens is 347 g/mol. The Kier molecular flexibility index (Phi) is 4.61. The van der Waals surface area contributed by atoms with Crippen LogP contribution in [0.3, 0.4) is 0 Å². The van der Waals surface area contributed by atoms with Crippen molar-refractivity contribution in [3.63, 3.8) is 0 Å². The van der Waals surface area contributed by atoms with E-state index in [9.17, 15) is 23.1 Å². The molecule has 0 spiro atoms. The number of alkyl halides is 3. The molecule has 0 radical (unpaired) electrons. The summed E-state index contributed by atoms with van der Waals surface area (Å²) in [6.45, 7) is 6.97. The lowest BCUT2D eigenvalue weighted by atomic mass is 9.66. The third-order valence-corrected chi connectivity index (χ3v) is 6.11. The van der Waals surface area contributed by atoms with Crippen LogP contribution in [0.25, 0.3) is 0 Å². The molecule has 1 aromatic rings. The molecule has 0 aliphatic carbocycles. The van der Waals surface area contributed by atoms with E-state index in [0.29, 0.717) is 38.0 Å². The fourth-order valence-corrected chi connectivity index (χ4v) is 4.10. The molecular formula is C18H26F3N3O2. The first-order valence-electron chi connectivity index (χ1n) is 9.07. The van der Waals surface area contributed by atoms with Crippen LogP contribution in [-0.2, 0) is 19.1 Å². The van der Waals surface area contributed by atoms with Gasteiger partial charge in [-0.05, 0) is 31.1 Å². The van der Waals surface area contributed by atoms with Crippen LogP contribution in [-0.4, -0.2) is 45.2 Å². The zero-order valence-corrected chi connectivity index (χ0v) is 15.5. The van der Waals surface area contributed by atoms with Gasteiger partial charge in [-0.2, -0.15) is 13.2 Å². The Labute approximate surface area is 151 Å². The molecule has 146 valence electrons. The fourth-order valence-electron chi connectivity index (χ4n) is 4.10. The predicted molar refractivity (Wildman–Crippen MR) is 89.7 cm³/mol. The van der Waals surface area contributed by atoms with Gasteiger partial charge >= 0.3 is 6.18 Å². The second kappa shape index (κ2) is 6.25. The lowest BCUT2D eigenvalue weighted by molar-refractivity contribution is -0.147. The molecule has 5 nitrogen and oxygen atoms in total. The summed E-state index contributed by atoms with van der Waals surface area (Å²) >= 11 is 0. The SMILES string of the molecule is CC(C)(C)C1(CO)CCN(C(=O)c2nc(C(F)(F)F)n3c2CCCC3)C1. The number of halogens is 3. The molecule has 1 aromatic heterocycles. The van der Waals surface area contributed by atoms with Crippen LogP contribution in [0.5, 0.6) is 0 Å². The highest BCUT2D eigenvalue weighted by atomic mass is 19.4. The van der Waals surface area contributed by atoms with E-state index in [1.807, 2.05) is 20.8 Å². The summed E-state index contributed by atoms with van der Waals surface area (Å²) in [5, 5.41) is 9.92. The Morgan fingerprint density at radius 3 is 2.46 bits per heavy atom. The Morgan fingerprint density at radius 1 is 1.23 bits per heavy atom. The highest BCUT2D eigenvalue weighted by Gasteiger charge is 2.49. The molecule has 1 amide bonds. The number of carbonyl (C=O) groups is 1. The highest BCUT2D eigenvalue weighted by molar-refractivity contribution is 5.94. The van der Waals surface area contributed by atoms with Crippen LogP contribution in [0.15, 0.2) is 0 Å². The summed E-state index contributed by atoms with van der Waals surface area (Å²) in [6, 6.07) is 0. The van der Waals surface area contributed by atoms with Gasteiger partial charge in [0.1, 0.15) is 5.69 Å². The molecule has 0 aromatic carbocycles. The maximum Gasteiger partial charge on any atom is 0.449 e. The van der Waals surface area contributed by atoms with Crippen LogP contribution >= 0.6 is 0 Å². The minimum atomic E-state index is -4.57. The molecule has 3 heterocycles. The van der Waals surface area contributed by atoms with Crippen molar-refractivity contribution in [3.05, 3.63) is 17.2 Å². The Hall–Kier alpha value is -1.57. The number of likely N-dealkylation sites (tertiary alicyclic amines) is 1. The van der Waals surface area contributed by atoms with Crippen molar-refractivity contribution >= 4 is 5.91 Å². The van der Waals surface area contributed by atoms with Crippen molar-refractivity contribution in [2.45, 2.75) is 59.2 Å². The lowest BCUT2D eigenvalue weighted by Gasteiger charge is -2.40. The maximum atomic E-state index is 13.3. The standard InChI is InChI=1S/C18H26F3N3O2/c1-16(2,3)17(11-25)7-9-23(10-17)14(26)13-12-6-4-5-8-24(12)15(22-13)18(19,20)21/h25H,4-11H2,1-3H3. The number of imidazole rings is 1. The van der Waals surface area contributed by atoms with Gasteiger partial charge in [-0.1, -0.05) is 20.8 Å². The maximum absolute atomic E-state index is 13.3. The number of carbonyl (C=O) groups excluding carboxylic acids is 1. The van der Waals surface area contributed by atoms with Crippen LogP contribution in [0, 0.1) is 10.8 Å². The number of nitrogens with zero attached hydrogens (tertiary/aromatic N) is 3. The zero-order valence-electron chi connectivity index (χ0n) is 15.5. The monoisotopic (exact) mass is 373 g/mol. The smallest absolute Gasteiger partial charge is 0.396 e. The molecule has 1 saturated heterocycles. The van der Waals surface area contributed by atoms with Crippen LogP contribution in [0.4, 0.5) is 13.2 Å². The molecule has 0 saturated carbocycles. The van der Waals surface area contributed by atoms with E-state index in [1.54, 1.807) is 4.90 Å². The summed E-state index contributed by atoms with van der Waals surface area (Å²) in [5.74, 6) is -1.43. The largest absolute Gasteiger partial charge is 0.449 e. The zero-order chi connectivity index (χ0) is 19.3. The quantitative estimate of drug-likeness (QED) is 0.867. The molecule has 2 aliphatic rings. The van der Waals surface area contributed by atoms with E-state index in [4.69, 9.17) is 0 Å². The minimum absolute atomic E-state index is 0.0601. The number of aromatic nitrogens is 2. The first kappa shape index (κ1) is 19.2. The van der Waals surface area contributed by atoms with E-state index in [1.165, 1.54) is 0 Å². The summed E-state index contributed by atoms with van der Waals surface area (Å²) in [6.07, 6.45) is -2.10. The van der Waals surface area contributed by atoms with Crippen LogP contribution in [0.2, 0.25) is 0 Å². The van der Waals surface area contributed by atoms with Crippen molar-refractivity contribution < 1.29 is 23.1 Å². The van der Waals surface area contributed by atoms with Gasteiger partial charge in [0, 0.05) is 25.0 Å². The number of aliphatic hydroxyl groups is 1.